The number of likely N-dealkylation sites (N-methyl/N-ethyl adjacent to an activating group) is 1. The van der Waals surface area contributed by atoms with Crippen molar-refractivity contribution in [2.24, 2.45) is 17.3 Å². The number of para-hydroxylation sites is 1. The van der Waals surface area contributed by atoms with E-state index in [0.29, 0.717) is 12.5 Å². The molecular formula is C21H22Br2N2O3. The van der Waals surface area contributed by atoms with Gasteiger partial charge in [-0.1, -0.05) is 40.2 Å². The molecule has 1 aromatic carbocycles. The molecule has 0 radical (unpaired) electrons. The van der Waals surface area contributed by atoms with Crippen LogP contribution in [0.3, 0.4) is 0 Å². The summed E-state index contributed by atoms with van der Waals surface area (Å²) in [5.41, 5.74) is 1.25. The number of hydrogen-bond acceptors (Lipinski definition) is 3. The van der Waals surface area contributed by atoms with Crippen LogP contribution >= 0.6 is 31.9 Å². The summed E-state index contributed by atoms with van der Waals surface area (Å²) in [6.07, 6.45) is 4.45. The number of alkyl halides is 1. The van der Waals surface area contributed by atoms with E-state index >= 15 is 0 Å². The number of allylic oxidation sites excluding steroid dienone is 1. The van der Waals surface area contributed by atoms with E-state index in [4.69, 9.17) is 4.74 Å². The number of hydrogen-bond donors (Lipinski definition) is 0. The van der Waals surface area contributed by atoms with Crippen molar-refractivity contribution in [2.45, 2.75) is 17.3 Å². The topological polar surface area (TPSA) is 49.9 Å². The molecule has 2 amide bonds. The summed E-state index contributed by atoms with van der Waals surface area (Å²) in [5.74, 6) is 0.177. The lowest BCUT2D eigenvalue weighted by Crippen LogP contribution is -2.48. The fourth-order valence-electron chi connectivity index (χ4n) is 5.33. The molecular weight excluding hydrogens is 488 g/mol. The van der Waals surface area contributed by atoms with Gasteiger partial charge in [0.2, 0.25) is 0 Å². The number of piperidine rings is 1. The van der Waals surface area contributed by atoms with E-state index in [1.807, 2.05) is 30.3 Å². The zero-order valence-electron chi connectivity index (χ0n) is 15.8. The van der Waals surface area contributed by atoms with Gasteiger partial charge in [0.25, 0.3) is 5.91 Å². The molecule has 28 heavy (non-hydrogen) atoms. The Kier molecular flexibility index (Phi) is 4.94. The van der Waals surface area contributed by atoms with Crippen LogP contribution in [0.2, 0.25) is 0 Å². The number of halogens is 2. The van der Waals surface area contributed by atoms with E-state index in [2.05, 4.69) is 44.5 Å². The lowest BCUT2D eigenvalue weighted by molar-refractivity contribution is -0.115. The Morgan fingerprint density at radius 2 is 2.11 bits per heavy atom. The lowest BCUT2D eigenvalue weighted by atomic mass is 9.66. The van der Waals surface area contributed by atoms with Crippen molar-refractivity contribution >= 4 is 49.5 Å². The summed E-state index contributed by atoms with van der Waals surface area (Å²) >= 11 is 7.35. The average molecular weight is 510 g/mol. The molecule has 0 unspecified atom stereocenters. The third-order valence-electron chi connectivity index (χ3n) is 6.61. The summed E-state index contributed by atoms with van der Waals surface area (Å²) in [6, 6.07) is 7.54. The van der Waals surface area contributed by atoms with E-state index in [-0.39, 0.29) is 34.2 Å². The van der Waals surface area contributed by atoms with Crippen molar-refractivity contribution in [3.63, 3.8) is 0 Å². The molecule has 5 atom stereocenters. The zero-order valence-corrected chi connectivity index (χ0v) is 18.9. The number of rotatable bonds is 3. The van der Waals surface area contributed by atoms with E-state index in [1.54, 1.807) is 16.8 Å². The van der Waals surface area contributed by atoms with Crippen LogP contribution in [0.5, 0.6) is 0 Å². The van der Waals surface area contributed by atoms with Gasteiger partial charge in [-0.15, -0.1) is 6.58 Å². The van der Waals surface area contributed by atoms with Crippen LogP contribution in [-0.4, -0.2) is 48.5 Å². The largest absolute Gasteiger partial charge is 0.453 e. The van der Waals surface area contributed by atoms with Crippen LogP contribution in [-0.2, 0) is 9.53 Å². The molecule has 0 spiro atoms. The minimum absolute atomic E-state index is 0.0418. The molecule has 5 nitrogen and oxygen atoms in total. The second kappa shape index (κ2) is 7.02. The highest BCUT2D eigenvalue weighted by atomic mass is 79.9. The van der Waals surface area contributed by atoms with Crippen molar-refractivity contribution in [3.05, 3.63) is 53.0 Å². The van der Waals surface area contributed by atoms with Gasteiger partial charge in [0.05, 0.1) is 18.8 Å². The Bertz CT molecular complexity index is 886. The first-order valence-corrected chi connectivity index (χ1v) is 10.9. The average Bonchev–Trinajstić information content (AvgIpc) is 3.12. The third kappa shape index (κ3) is 2.55. The van der Waals surface area contributed by atoms with Crippen molar-refractivity contribution in [3.8, 4) is 0 Å². The normalized spacial score (nSPS) is 32.7. The van der Waals surface area contributed by atoms with Crippen LogP contribution in [0.15, 0.2) is 53.0 Å². The van der Waals surface area contributed by atoms with Gasteiger partial charge < -0.3 is 14.5 Å². The number of likely N-dealkylation sites (tertiary alicyclic amines) is 1. The fraction of sp³-hybridized carbons (Fsp3) is 0.429. The predicted octanol–water partition coefficient (Wildman–Crippen LogP) is 4.37. The first kappa shape index (κ1) is 19.7. The van der Waals surface area contributed by atoms with Crippen molar-refractivity contribution < 1.29 is 14.3 Å². The number of anilines is 1. The number of carbonyl (C=O) groups is 2. The molecule has 3 aliphatic rings. The molecule has 4 bridgehead atoms. The van der Waals surface area contributed by atoms with Gasteiger partial charge in [-0.05, 0) is 40.4 Å². The lowest BCUT2D eigenvalue weighted by Gasteiger charge is -2.41. The van der Waals surface area contributed by atoms with Crippen LogP contribution < -0.4 is 4.90 Å². The fourth-order valence-corrected chi connectivity index (χ4v) is 7.18. The maximum Gasteiger partial charge on any atom is 0.409 e. The maximum absolute atomic E-state index is 13.5. The first-order valence-electron chi connectivity index (χ1n) is 9.22. The summed E-state index contributed by atoms with van der Waals surface area (Å²) in [5, 5.41) is 0. The Morgan fingerprint density at radius 1 is 1.39 bits per heavy atom. The molecule has 7 heteroatoms. The predicted molar refractivity (Wildman–Crippen MR) is 115 cm³/mol. The number of benzene rings is 1. The second-order valence-corrected chi connectivity index (χ2v) is 9.56. The molecule has 1 aromatic rings. The van der Waals surface area contributed by atoms with E-state index in [9.17, 15) is 9.59 Å². The summed E-state index contributed by atoms with van der Waals surface area (Å²) in [6.45, 7) is 4.64. The van der Waals surface area contributed by atoms with E-state index in [1.165, 1.54) is 7.11 Å². The molecule has 1 heterocycles. The monoisotopic (exact) mass is 508 g/mol. The highest BCUT2D eigenvalue weighted by Gasteiger charge is 2.69. The number of carbonyl (C=O) groups excluding carboxylic acids is 2. The van der Waals surface area contributed by atoms with E-state index < -0.39 is 0 Å². The smallest absolute Gasteiger partial charge is 0.409 e. The van der Waals surface area contributed by atoms with Gasteiger partial charge in [-0.2, -0.15) is 0 Å². The summed E-state index contributed by atoms with van der Waals surface area (Å²) in [4.78, 5) is 29.5. The highest BCUT2D eigenvalue weighted by Crippen LogP contribution is 2.64. The van der Waals surface area contributed by atoms with Gasteiger partial charge >= 0.3 is 6.09 Å². The molecule has 1 saturated heterocycles. The molecule has 4 rings (SSSR count). The van der Waals surface area contributed by atoms with E-state index in [0.717, 1.165) is 22.2 Å². The van der Waals surface area contributed by atoms with Crippen LogP contribution in [0, 0.1) is 17.3 Å². The molecule has 0 aromatic heterocycles. The molecule has 2 fully saturated rings. The minimum atomic E-state index is -0.352. The van der Waals surface area contributed by atoms with Crippen LogP contribution in [0.4, 0.5) is 10.5 Å². The van der Waals surface area contributed by atoms with Crippen molar-refractivity contribution in [1.29, 1.82) is 0 Å². The van der Waals surface area contributed by atoms with Gasteiger partial charge in [-0.3, -0.25) is 4.79 Å². The molecule has 1 saturated carbocycles. The van der Waals surface area contributed by atoms with Crippen molar-refractivity contribution in [1.82, 2.24) is 4.90 Å². The third-order valence-corrected chi connectivity index (χ3v) is 8.46. The quantitative estimate of drug-likeness (QED) is 0.449. The number of nitrogens with zero attached hydrogens (tertiary/aromatic N) is 2. The summed E-state index contributed by atoms with van der Waals surface area (Å²) in [7, 11) is 3.18. The molecule has 0 N–H and O–H groups in total. The molecule has 1 aliphatic heterocycles. The zero-order chi connectivity index (χ0) is 20.2. The second-order valence-electron chi connectivity index (χ2n) is 7.64. The number of ether oxygens (including phenoxy) is 1. The number of amides is 2. The highest BCUT2D eigenvalue weighted by molar-refractivity contribution is 9.10. The Hall–Kier alpha value is -1.60. The standard InChI is InChI=1S/C21H22Br2N2O3/c1-4-21-11-25(20(27)28-3)18-16(21)12(9-10-13(21)17(18)23)19(26)24(2)15-8-6-5-7-14(15)22/h4-9,13,16-18H,1,10-11H2,2-3H3/t13-,16+,17-,18+,21+/m1/s1. The maximum atomic E-state index is 13.5. The molecule has 148 valence electrons. The SMILES string of the molecule is C=C[C@]12CN(C(=O)OC)[C@@H]3[C@H](Br)[C@H]1CC=C(C(=O)N(C)c1ccccc1Br)[C@@H]32. The van der Waals surface area contributed by atoms with Gasteiger partial charge in [0.1, 0.15) is 0 Å². The van der Waals surface area contributed by atoms with Crippen LogP contribution in [0.1, 0.15) is 6.42 Å². The number of methoxy groups -OCH3 is 1. The van der Waals surface area contributed by atoms with Gasteiger partial charge in [0, 0.05) is 39.8 Å². The van der Waals surface area contributed by atoms with Crippen LogP contribution in [0.25, 0.3) is 0 Å². The Labute approximate surface area is 181 Å². The minimum Gasteiger partial charge on any atom is -0.453 e. The van der Waals surface area contributed by atoms with Gasteiger partial charge in [0.15, 0.2) is 0 Å². The van der Waals surface area contributed by atoms with Gasteiger partial charge in [-0.25, -0.2) is 4.79 Å². The first-order chi connectivity index (χ1) is 13.4. The Balaban J connectivity index is 1.73. The summed E-state index contributed by atoms with van der Waals surface area (Å²) < 4.78 is 5.88. The van der Waals surface area contributed by atoms with Crippen molar-refractivity contribution in [2.75, 3.05) is 25.6 Å². The Morgan fingerprint density at radius 3 is 2.75 bits per heavy atom. The molecule has 2 aliphatic carbocycles.